The molecule has 0 aliphatic carbocycles. The van der Waals surface area contributed by atoms with Crippen molar-refractivity contribution in [1.82, 2.24) is 0 Å². The molecule has 3 rings (SSSR count). The monoisotopic (exact) mass is 268 g/mol. The molecule has 2 aromatic carbocycles. The van der Waals surface area contributed by atoms with E-state index in [-0.39, 0.29) is 11.7 Å². The van der Waals surface area contributed by atoms with Gasteiger partial charge in [-0.05, 0) is 54.8 Å². The number of anilines is 2. The van der Waals surface area contributed by atoms with Gasteiger partial charge in [0.2, 0.25) is 0 Å². The molecule has 2 aromatic rings. The van der Waals surface area contributed by atoms with Gasteiger partial charge in [-0.25, -0.2) is 0 Å². The van der Waals surface area contributed by atoms with Crippen molar-refractivity contribution in [2.75, 3.05) is 17.2 Å². The Labute approximate surface area is 117 Å². The number of phenols is 1. The van der Waals surface area contributed by atoms with E-state index in [2.05, 4.69) is 10.6 Å². The lowest BCUT2D eigenvalue weighted by Crippen LogP contribution is -2.12. The molecule has 1 aliphatic rings. The molecule has 4 nitrogen and oxygen atoms in total. The Kier molecular flexibility index (Phi) is 3.06. The van der Waals surface area contributed by atoms with Crippen molar-refractivity contribution in [3.8, 4) is 5.75 Å². The molecule has 1 aliphatic heterocycles. The zero-order valence-electron chi connectivity index (χ0n) is 11.2. The number of aryl methyl sites for hydroxylation is 1. The molecule has 0 aromatic heterocycles. The van der Waals surface area contributed by atoms with Gasteiger partial charge in [-0.1, -0.05) is 6.07 Å². The van der Waals surface area contributed by atoms with Gasteiger partial charge in [-0.2, -0.15) is 0 Å². The molecule has 0 bridgehead atoms. The van der Waals surface area contributed by atoms with E-state index < -0.39 is 0 Å². The summed E-state index contributed by atoms with van der Waals surface area (Å²) in [7, 11) is 0. The van der Waals surface area contributed by atoms with Crippen molar-refractivity contribution in [1.29, 1.82) is 0 Å². The molecular formula is C16H16N2O2. The number of benzene rings is 2. The summed E-state index contributed by atoms with van der Waals surface area (Å²) >= 11 is 0. The molecule has 3 N–H and O–H groups in total. The fraction of sp³-hybridized carbons (Fsp3) is 0.188. The van der Waals surface area contributed by atoms with Crippen molar-refractivity contribution in [3.05, 3.63) is 53.1 Å². The smallest absolute Gasteiger partial charge is 0.255 e. The number of carbonyl (C=O) groups is 1. The number of amides is 1. The molecule has 0 atom stereocenters. The van der Waals surface area contributed by atoms with Crippen molar-refractivity contribution >= 4 is 17.3 Å². The minimum Gasteiger partial charge on any atom is -0.508 e. The van der Waals surface area contributed by atoms with Gasteiger partial charge in [0.25, 0.3) is 5.91 Å². The highest BCUT2D eigenvalue weighted by molar-refractivity contribution is 6.05. The first-order valence-electron chi connectivity index (χ1n) is 6.61. The normalized spacial score (nSPS) is 12.7. The van der Waals surface area contributed by atoms with E-state index in [0.717, 1.165) is 24.2 Å². The molecule has 0 fully saturated rings. The van der Waals surface area contributed by atoms with Crippen LogP contribution in [0.4, 0.5) is 11.4 Å². The van der Waals surface area contributed by atoms with Crippen LogP contribution < -0.4 is 10.6 Å². The number of nitrogens with one attached hydrogen (secondary N) is 2. The molecular weight excluding hydrogens is 252 g/mol. The Morgan fingerprint density at radius 1 is 1.25 bits per heavy atom. The lowest BCUT2D eigenvalue weighted by atomic mass is 10.1. The molecule has 0 saturated carbocycles. The summed E-state index contributed by atoms with van der Waals surface area (Å²) in [6, 6.07) is 10.6. The minimum absolute atomic E-state index is 0.143. The van der Waals surface area contributed by atoms with Crippen LogP contribution in [0.2, 0.25) is 0 Å². The van der Waals surface area contributed by atoms with Gasteiger partial charge in [0.15, 0.2) is 0 Å². The van der Waals surface area contributed by atoms with E-state index in [0.29, 0.717) is 11.3 Å². The van der Waals surface area contributed by atoms with Gasteiger partial charge < -0.3 is 15.7 Å². The van der Waals surface area contributed by atoms with Crippen LogP contribution in [0, 0.1) is 6.92 Å². The predicted octanol–water partition coefficient (Wildman–Crippen LogP) is 2.92. The third-order valence-electron chi connectivity index (χ3n) is 3.54. The van der Waals surface area contributed by atoms with Crippen LogP contribution in [0.1, 0.15) is 21.5 Å². The molecule has 0 spiro atoms. The Bertz CT molecular complexity index is 680. The number of carbonyl (C=O) groups excluding carboxylic acids is 1. The van der Waals surface area contributed by atoms with Crippen molar-refractivity contribution in [2.24, 2.45) is 0 Å². The lowest BCUT2D eigenvalue weighted by molar-refractivity contribution is 0.102. The molecule has 1 amide bonds. The molecule has 0 radical (unpaired) electrons. The highest BCUT2D eigenvalue weighted by Gasteiger charge is 2.14. The van der Waals surface area contributed by atoms with Crippen LogP contribution >= 0.6 is 0 Å². The molecule has 4 heteroatoms. The van der Waals surface area contributed by atoms with E-state index in [1.807, 2.05) is 25.1 Å². The summed E-state index contributed by atoms with van der Waals surface area (Å²) < 4.78 is 0. The fourth-order valence-corrected chi connectivity index (χ4v) is 2.41. The summed E-state index contributed by atoms with van der Waals surface area (Å²) in [6.07, 6.45) is 1.01. The topological polar surface area (TPSA) is 61.4 Å². The zero-order valence-corrected chi connectivity index (χ0v) is 11.2. The summed E-state index contributed by atoms with van der Waals surface area (Å²) in [5.74, 6) is 0.0533. The van der Waals surface area contributed by atoms with E-state index in [9.17, 15) is 9.90 Å². The number of aromatic hydroxyl groups is 1. The highest BCUT2D eigenvalue weighted by atomic mass is 16.3. The van der Waals surface area contributed by atoms with Gasteiger partial charge in [0.05, 0.1) is 0 Å². The molecule has 0 saturated heterocycles. The SMILES string of the molecule is Cc1cc(O)ccc1NC(=O)c1ccc2c(c1)NCC2. The number of rotatable bonds is 2. The van der Waals surface area contributed by atoms with Crippen molar-refractivity contribution < 1.29 is 9.90 Å². The molecule has 102 valence electrons. The highest BCUT2D eigenvalue weighted by Crippen LogP contribution is 2.25. The minimum atomic E-state index is -0.143. The van der Waals surface area contributed by atoms with Crippen molar-refractivity contribution in [2.45, 2.75) is 13.3 Å². The Morgan fingerprint density at radius 2 is 2.10 bits per heavy atom. The first-order valence-corrected chi connectivity index (χ1v) is 6.61. The summed E-state index contributed by atoms with van der Waals surface area (Å²) in [5.41, 5.74) is 4.46. The molecule has 0 unspecified atom stereocenters. The predicted molar refractivity (Wildman–Crippen MR) is 79.4 cm³/mol. The average Bonchev–Trinajstić information content (AvgIpc) is 2.89. The average molecular weight is 268 g/mol. The van der Waals surface area contributed by atoms with Crippen LogP contribution in [0.25, 0.3) is 0 Å². The van der Waals surface area contributed by atoms with E-state index >= 15 is 0 Å². The maximum atomic E-state index is 12.2. The standard InChI is InChI=1S/C16H16N2O2/c1-10-8-13(19)4-5-14(10)18-16(20)12-3-2-11-6-7-17-15(11)9-12/h2-5,8-9,17,19H,6-7H2,1H3,(H,18,20). The first kappa shape index (κ1) is 12.5. The van der Waals surface area contributed by atoms with Gasteiger partial charge in [-0.15, -0.1) is 0 Å². The van der Waals surface area contributed by atoms with Gasteiger partial charge in [-0.3, -0.25) is 4.79 Å². The molecule has 1 heterocycles. The summed E-state index contributed by atoms with van der Waals surface area (Å²) in [6.45, 7) is 2.77. The van der Waals surface area contributed by atoms with Crippen molar-refractivity contribution in [3.63, 3.8) is 0 Å². The number of hydrogen-bond donors (Lipinski definition) is 3. The van der Waals surface area contributed by atoms with Crippen LogP contribution in [0.3, 0.4) is 0 Å². The van der Waals surface area contributed by atoms with Gasteiger partial charge in [0.1, 0.15) is 5.75 Å². The summed E-state index contributed by atoms with van der Waals surface area (Å²) in [4.78, 5) is 12.2. The Balaban J connectivity index is 1.82. The van der Waals surface area contributed by atoms with Crippen LogP contribution in [-0.4, -0.2) is 17.6 Å². The first-order chi connectivity index (χ1) is 9.63. The number of phenolic OH excluding ortho intramolecular Hbond substituents is 1. The van der Waals surface area contributed by atoms with Gasteiger partial charge in [0, 0.05) is 23.5 Å². The van der Waals surface area contributed by atoms with Crippen LogP contribution in [-0.2, 0) is 6.42 Å². The second-order valence-electron chi connectivity index (χ2n) is 5.00. The zero-order chi connectivity index (χ0) is 14.1. The number of hydrogen-bond acceptors (Lipinski definition) is 3. The number of fused-ring (bicyclic) bond motifs is 1. The van der Waals surface area contributed by atoms with E-state index in [1.54, 1.807) is 18.2 Å². The van der Waals surface area contributed by atoms with Crippen LogP contribution in [0.15, 0.2) is 36.4 Å². The largest absolute Gasteiger partial charge is 0.508 e. The Morgan fingerprint density at radius 3 is 2.90 bits per heavy atom. The Hall–Kier alpha value is -2.49. The van der Waals surface area contributed by atoms with Crippen LogP contribution in [0.5, 0.6) is 5.75 Å². The third kappa shape index (κ3) is 2.32. The summed E-state index contributed by atoms with van der Waals surface area (Å²) in [5, 5.41) is 15.5. The molecule has 20 heavy (non-hydrogen) atoms. The fourth-order valence-electron chi connectivity index (χ4n) is 2.41. The quantitative estimate of drug-likeness (QED) is 0.734. The van der Waals surface area contributed by atoms with E-state index in [4.69, 9.17) is 0 Å². The maximum absolute atomic E-state index is 12.2. The maximum Gasteiger partial charge on any atom is 0.255 e. The third-order valence-corrected chi connectivity index (χ3v) is 3.54. The van der Waals surface area contributed by atoms with E-state index in [1.165, 1.54) is 5.56 Å². The van der Waals surface area contributed by atoms with Gasteiger partial charge >= 0.3 is 0 Å². The second-order valence-corrected chi connectivity index (χ2v) is 5.00. The second kappa shape index (κ2) is 4.89. The lowest BCUT2D eigenvalue weighted by Gasteiger charge is -2.09.